The Balaban J connectivity index is 2.75. The van der Waals surface area contributed by atoms with Crippen molar-refractivity contribution in [3.05, 3.63) is 23.4 Å². The first-order valence-electron chi connectivity index (χ1n) is 4.42. The minimum Gasteiger partial charge on any atom is -0.370 e. The third kappa shape index (κ3) is 2.22. The third-order valence-corrected chi connectivity index (χ3v) is 1.78. The maximum absolute atomic E-state index is 4.40. The predicted octanol–water partition coefficient (Wildman–Crippen LogP) is 2.52. The van der Waals surface area contributed by atoms with E-state index in [0.29, 0.717) is 0 Å². The average Bonchev–Trinajstić information content (AvgIpc) is 2.07. The fourth-order valence-electron chi connectivity index (χ4n) is 1.05. The van der Waals surface area contributed by atoms with E-state index in [0.717, 1.165) is 24.5 Å². The SMILES string of the molecule is CCCNc1nc(C)ccc1C. The Morgan fingerprint density at radius 3 is 2.75 bits per heavy atom. The molecule has 0 radical (unpaired) electrons. The molecule has 1 rings (SSSR count). The van der Waals surface area contributed by atoms with E-state index >= 15 is 0 Å². The van der Waals surface area contributed by atoms with Gasteiger partial charge in [0.2, 0.25) is 0 Å². The summed E-state index contributed by atoms with van der Waals surface area (Å²) in [6.45, 7) is 7.23. The molecule has 0 aliphatic carbocycles. The average molecular weight is 164 g/mol. The molecule has 2 heteroatoms. The van der Waals surface area contributed by atoms with Gasteiger partial charge in [0.25, 0.3) is 0 Å². The normalized spacial score (nSPS) is 9.92. The summed E-state index contributed by atoms with van der Waals surface area (Å²) in [5.41, 5.74) is 2.29. The fourth-order valence-corrected chi connectivity index (χ4v) is 1.05. The number of anilines is 1. The lowest BCUT2D eigenvalue weighted by molar-refractivity contribution is 0.961. The Morgan fingerprint density at radius 1 is 1.33 bits per heavy atom. The molecule has 0 unspecified atom stereocenters. The number of hydrogen-bond acceptors (Lipinski definition) is 2. The first-order chi connectivity index (χ1) is 5.74. The van der Waals surface area contributed by atoms with Crippen LogP contribution >= 0.6 is 0 Å². The Bertz CT molecular complexity index is 256. The van der Waals surface area contributed by atoms with E-state index in [4.69, 9.17) is 0 Å². The maximum atomic E-state index is 4.40. The molecule has 0 aliphatic rings. The van der Waals surface area contributed by atoms with Gasteiger partial charge in [-0.15, -0.1) is 0 Å². The molecule has 12 heavy (non-hydrogen) atoms. The summed E-state index contributed by atoms with van der Waals surface area (Å²) in [5.74, 6) is 1.02. The van der Waals surface area contributed by atoms with Crippen molar-refractivity contribution in [1.29, 1.82) is 0 Å². The second-order valence-corrected chi connectivity index (χ2v) is 3.04. The van der Waals surface area contributed by atoms with Crippen molar-refractivity contribution in [2.75, 3.05) is 11.9 Å². The summed E-state index contributed by atoms with van der Waals surface area (Å²) in [5, 5.41) is 3.29. The molecule has 0 aliphatic heterocycles. The summed E-state index contributed by atoms with van der Waals surface area (Å²) in [6, 6.07) is 4.13. The van der Waals surface area contributed by atoms with E-state index in [2.05, 4.69) is 30.2 Å². The molecule has 0 atom stereocenters. The molecule has 66 valence electrons. The molecule has 0 spiro atoms. The number of hydrogen-bond donors (Lipinski definition) is 1. The van der Waals surface area contributed by atoms with Crippen molar-refractivity contribution in [2.24, 2.45) is 0 Å². The number of aryl methyl sites for hydroxylation is 2. The molecule has 2 nitrogen and oxygen atoms in total. The molecular weight excluding hydrogens is 148 g/mol. The van der Waals surface area contributed by atoms with Crippen LogP contribution in [0.5, 0.6) is 0 Å². The Kier molecular flexibility index (Phi) is 3.09. The van der Waals surface area contributed by atoms with Gasteiger partial charge >= 0.3 is 0 Å². The summed E-state index contributed by atoms with van der Waals surface area (Å²) >= 11 is 0. The van der Waals surface area contributed by atoms with Crippen molar-refractivity contribution in [3.8, 4) is 0 Å². The Labute approximate surface area is 74.0 Å². The van der Waals surface area contributed by atoms with Crippen molar-refractivity contribution >= 4 is 5.82 Å². The molecular formula is C10H16N2. The van der Waals surface area contributed by atoms with Crippen molar-refractivity contribution in [3.63, 3.8) is 0 Å². The van der Waals surface area contributed by atoms with Crippen LogP contribution in [0.2, 0.25) is 0 Å². The fraction of sp³-hybridized carbons (Fsp3) is 0.500. The quantitative estimate of drug-likeness (QED) is 0.742. The van der Waals surface area contributed by atoms with Gasteiger partial charge < -0.3 is 5.32 Å². The van der Waals surface area contributed by atoms with Crippen LogP contribution < -0.4 is 5.32 Å². The van der Waals surface area contributed by atoms with Crippen LogP contribution in [0.15, 0.2) is 12.1 Å². The predicted molar refractivity (Wildman–Crippen MR) is 52.5 cm³/mol. The highest BCUT2D eigenvalue weighted by atomic mass is 15.0. The molecule has 0 saturated heterocycles. The summed E-state index contributed by atoms with van der Waals surface area (Å²) in [7, 11) is 0. The molecule has 1 aromatic rings. The van der Waals surface area contributed by atoms with Gasteiger partial charge in [0.15, 0.2) is 0 Å². The molecule has 0 saturated carbocycles. The highest BCUT2D eigenvalue weighted by Gasteiger charge is 1.97. The van der Waals surface area contributed by atoms with Gasteiger partial charge in [0.05, 0.1) is 0 Å². The zero-order valence-electron chi connectivity index (χ0n) is 8.02. The number of nitrogens with zero attached hydrogens (tertiary/aromatic N) is 1. The Hall–Kier alpha value is -1.05. The van der Waals surface area contributed by atoms with E-state index < -0.39 is 0 Å². The number of nitrogens with one attached hydrogen (secondary N) is 1. The summed E-state index contributed by atoms with van der Waals surface area (Å²) in [4.78, 5) is 4.40. The first-order valence-corrected chi connectivity index (χ1v) is 4.42. The molecule has 0 aromatic carbocycles. The van der Waals surface area contributed by atoms with Crippen molar-refractivity contribution < 1.29 is 0 Å². The van der Waals surface area contributed by atoms with Gasteiger partial charge in [0.1, 0.15) is 5.82 Å². The Morgan fingerprint density at radius 2 is 2.08 bits per heavy atom. The standard InChI is InChI=1S/C10H16N2/c1-4-7-11-10-8(2)5-6-9(3)12-10/h5-6H,4,7H2,1-3H3,(H,11,12). The van der Waals surface area contributed by atoms with Crippen molar-refractivity contribution in [1.82, 2.24) is 4.98 Å². The maximum Gasteiger partial charge on any atom is 0.129 e. The van der Waals surface area contributed by atoms with Crippen LogP contribution in [0.4, 0.5) is 5.82 Å². The van der Waals surface area contributed by atoms with E-state index in [1.165, 1.54) is 5.56 Å². The molecule has 0 fully saturated rings. The third-order valence-electron chi connectivity index (χ3n) is 1.78. The highest BCUT2D eigenvalue weighted by Crippen LogP contribution is 2.11. The van der Waals surface area contributed by atoms with E-state index in [1.807, 2.05) is 13.0 Å². The van der Waals surface area contributed by atoms with Gasteiger partial charge in [0, 0.05) is 12.2 Å². The second kappa shape index (κ2) is 4.10. The van der Waals surface area contributed by atoms with E-state index in [-0.39, 0.29) is 0 Å². The van der Waals surface area contributed by atoms with E-state index in [1.54, 1.807) is 0 Å². The minimum atomic E-state index is 0.997. The van der Waals surface area contributed by atoms with Gasteiger partial charge in [-0.1, -0.05) is 13.0 Å². The number of pyridine rings is 1. The monoisotopic (exact) mass is 164 g/mol. The van der Waals surface area contributed by atoms with Gasteiger partial charge in [-0.25, -0.2) is 4.98 Å². The van der Waals surface area contributed by atoms with Gasteiger partial charge in [-0.2, -0.15) is 0 Å². The lowest BCUT2D eigenvalue weighted by Gasteiger charge is -2.07. The molecule has 1 heterocycles. The van der Waals surface area contributed by atoms with Gasteiger partial charge in [-0.3, -0.25) is 0 Å². The summed E-state index contributed by atoms with van der Waals surface area (Å²) in [6.07, 6.45) is 1.13. The largest absolute Gasteiger partial charge is 0.370 e. The lowest BCUT2D eigenvalue weighted by Crippen LogP contribution is -2.04. The van der Waals surface area contributed by atoms with Crippen LogP contribution in [-0.2, 0) is 0 Å². The smallest absolute Gasteiger partial charge is 0.129 e. The molecule has 1 aromatic heterocycles. The summed E-state index contributed by atoms with van der Waals surface area (Å²) < 4.78 is 0. The molecule has 1 N–H and O–H groups in total. The van der Waals surface area contributed by atoms with Crippen LogP contribution in [-0.4, -0.2) is 11.5 Å². The van der Waals surface area contributed by atoms with Crippen LogP contribution in [0.3, 0.4) is 0 Å². The van der Waals surface area contributed by atoms with Gasteiger partial charge in [-0.05, 0) is 31.9 Å². The first kappa shape index (κ1) is 9.04. The molecule has 0 bridgehead atoms. The van der Waals surface area contributed by atoms with Crippen LogP contribution in [0, 0.1) is 13.8 Å². The highest BCUT2D eigenvalue weighted by molar-refractivity contribution is 5.43. The second-order valence-electron chi connectivity index (χ2n) is 3.04. The molecule has 0 amide bonds. The van der Waals surface area contributed by atoms with E-state index in [9.17, 15) is 0 Å². The number of aromatic nitrogens is 1. The minimum absolute atomic E-state index is 0.997. The van der Waals surface area contributed by atoms with Crippen molar-refractivity contribution in [2.45, 2.75) is 27.2 Å². The van der Waals surface area contributed by atoms with Crippen LogP contribution in [0.1, 0.15) is 24.6 Å². The number of rotatable bonds is 3. The van der Waals surface area contributed by atoms with Crippen LogP contribution in [0.25, 0.3) is 0 Å². The topological polar surface area (TPSA) is 24.9 Å². The zero-order chi connectivity index (χ0) is 8.97. The zero-order valence-corrected chi connectivity index (χ0v) is 8.02. The lowest BCUT2D eigenvalue weighted by atomic mass is 10.2.